The number of carbonyl (C=O) groups excluding carboxylic acids is 1. The van der Waals surface area contributed by atoms with Crippen LogP contribution in [0.2, 0.25) is 0 Å². The van der Waals surface area contributed by atoms with Crippen molar-refractivity contribution in [2.24, 2.45) is 11.1 Å². The molecule has 3 aromatic carbocycles. The number of hydrogen-bond donors (Lipinski definition) is 2. The van der Waals surface area contributed by atoms with E-state index in [2.05, 4.69) is 4.74 Å². The molecule has 4 nitrogen and oxygen atoms in total. The van der Waals surface area contributed by atoms with Crippen molar-refractivity contribution in [3.63, 3.8) is 0 Å². The summed E-state index contributed by atoms with van der Waals surface area (Å²) in [6.07, 6.45) is -12.3. The number of benzene rings is 3. The smallest absolute Gasteiger partial charge is 0.461 e. The molecule has 4 rings (SSSR count). The summed E-state index contributed by atoms with van der Waals surface area (Å²) in [5.41, 5.74) is 1.61. The van der Waals surface area contributed by atoms with E-state index in [9.17, 15) is 45.0 Å². The molecule has 0 aliphatic heterocycles. The van der Waals surface area contributed by atoms with Crippen LogP contribution in [0.3, 0.4) is 0 Å². The Balaban J connectivity index is 1.82. The molecule has 0 aromatic heterocycles. The van der Waals surface area contributed by atoms with Crippen LogP contribution in [0.5, 0.6) is 11.5 Å². The molecule has 0 heterocycles. The Morgan fingerprint density at radius 2 is 1.65 bits per heavy atom. The van der Waals surface area contributed by atoms with Crippen LogP contribution in [0.4, 0.5) is 39.5 Å². The normalized spacial score (nSPS) is 18.0. The van der Waals surface area contributed by atoms with Gasteiger partial charge in [-0.3, -0.25) is 4.79 Å². The Kier molecular flexibility index (Phi) is 8.57. The molecule has 3 N–H and O–H groups in total. The molecule has 2 unspecified atom stereocenters. The molecule has 228 valence electrons. The van der Waals surface area contributed by atoms with Gasteiger partial charge in [0.05, 0.1) is 5.41 Å². The quantitative estimate of drug-likeness (QED) is 0.241. The van der Waals surface area contributed by atoms with Crippen LogP contribution in [-0.2, 0) is 11.2 Å². The van der Waals surface area contributed by atoms with Gasteiger partial charge in [-0.15, -0.1) is 0 Å². The number of rotatable bonds is 9. The summed E-state index contributed by atoms with van der Waals surface area (Å²) in [5, 5.41) is 10.5. The molecule has 1 amide bonds. The maximum Gasteiger partial charge on any atom is 0.461 e. The predicted molar refractivity (Wildman–Crippen MR) is 137 cm³/mol. The van der Waals surface area contributed by atoms with Gasteiger partial charge in [-0.1, -0.05) is 42.5 Å². The highest BCUT2D eigenvalue weighted by Gasteiger charge is 2.49. The van der Waals surface area contributed by atoms with Crippen LogP contribution in [0.1, 0.15) is 23.5 Å². The number of primary amides is 1. The van der Waals surface area contributed by atoms with Gasteiger partial charge in [0.2, 0.25) is 5.91 Å². The van der Waals surface area contributed by atoms with Gasteiger partial charge in [-0.25, -0.2) is 8.78 Å². The van der Waals surface area contributed by atoms with Crippen molar-refractivity contribution in [2.75, 3.05) is 0 Å². The van der Waals surface area contributed by atoms with E-state index >= 15 is 4.39 Å². The van der Waals surface area contributed by atoms with Crippen molar-refractivity contribution in [2.45, 2.75) is 37.5 Å². The Hall–Kier alpha value is -4.42. The molecule has 0 fully saturated rings. The summed E-state index contributed by atoms with van der Waals surface area (Å²) in [6, 6.07) is 10.5. The minimum absolute atomic E-state index is 0.141. The van der Waals surface area contributed by atoms with Gasteiger partial charge in [0.1, 0.15) is 23.1 Å². The average molecular weight is 615 g/mol. The predicted octanol–water partition coefficient (Wildman–Crippen LogP) is 7.82. The summed E-state index contributed by atoms with van der Waals surface area (Å²) in [4.78, 5) is 12.9. The second-order valence-electron chi connectivity index (χ2n) is 9.87. The highest BCUT2D eigenvalue weighted by atomic mass is 19.4. The van der Waals surface area contributed by atoms with Crippen molar-refractivity contribution < 1.29 is 54.2 Å². The first-order valence-electron chi connectivity index (χ1n) is 12.5. The van der Waals surface area contributed by atoms with Crippen LogP contribution in [0.15, 0.2) is 84.5 Å². The van der Waals surface area contributed by atoms with Crippen LogP contribution >= 0.6 is 0 Å². The Morgan fingerprint density at radius 3 is 2.28 bits per heavy atom. The van der Waals surface area contributed by atoms with E-state index in [1.807, 2.05) is 0 Å². The number of alkyl halides is 7. The lowest BCUT2D eigenvalue weighted by Crippen LogP contribution is -2.44. The van der Waals surface area contributed by atoms with Gasteiger partial charge in [-0.05, 0) is 60.4 Å². The average Bonchev–Trinajstić information content (AvgIpc) is 2.93. The Bertz CT molecular complexity index is 1580. The second-order valence-corrected chi connectivity index (χ2v) is 9.87. The zero-order valence-electron chi connectivity index (χ0n) is 21.8. The number of phenols is 1. The fraction of sp³-hybridized carbons (Fsp3) is 0.233. The Labute approximate surface area is 238 Å². The van der Waals surface area contributed by atoms with Crippen molar-refractivity contribution in [3.05, 3.63) is 107 Å². The van der Waals surface area contributed by atoms with Crippen molar-refractivity contribution in [3.8, 4) is 22.6 Å². The topological polar surface area (TPSA) is 72.6 Å². The van der Waals surface area contributed by atoms with E-state index in [4.69, 9.17) is 5.73 Å². The highest BCUT2D eigenvalue weighted by Crippen LogP contribution is 2.50. The molecule has 0 radical (unpaired) electrons. The number of carbonyl (C=O) groups is 1. The Morgan fingerprint density at radius 1 is 0.953 bits per heavy atom. The maximum atomic E-state index is 15.1. The van der Waals surface area contributed by atoms with E-state index in [0.717, 1.165) is 36.4 Å². The van der Waals surface area contributed by atoms with E-state index in [1.54, 1.807) is 0 Å². The zero-order chi connectivity index (χ0) is 31.7. The van der Waals surface area contributed by atoms with Crippen molar-refractivity contribution in [1.82, 2.24) is 0 Å². The molecule has 13 heteroatoms. The minimum atomic E-state index is -4.91. The highest BCUT2D eigenvalue weighted by molar-refractivity contribution is 5.85. The lowest BCUT2D eigenvalue weighted by Gasteiger charge is -2.39. The molecular formula is C30H22F9NO3. The molecule has 0 spiro atoms. The second kappa shape index (κ2) is 11.7. The van der Waals surface area contributed by atoms with Gasteiger partial charge in [0.25, 0.3) is 0 Å². The van der Waals surface area contributed by atoms with Crippen molar-refractivity contribution in [1.29, 1.82) is 0 Å². The summed E-state index contributed by atoms with van der Waals surface area (Å²) >= 11 is 0. The lowest BCUT2D eigenvalue weighted by atomic mass is 9.64. The summed E-state index contributed by atoms with van der Waals surface area (Å²) < 4.78 is 127. The number of aromatic hydroxyl groups is 1. The van der Waals surface area contributed by atoms with E-state index in [1.165, 1.54) is 24.3 Å². The molecule has 0 saturated heterocycles. The van der Waals surface area contributed by atoms with Gasteiger partial charge in [0, 0.05) is 22.6 Å². The molecule has 0 bridgehead atoms. The minimum Gasteiger partial charge on any atom is -0.507 e. The number of phenolic OH excluding ortho intramolecular Hbond substituents is 1. The molecule has 1 aliphatic carbocycles. The van der Waals surface area contributed by atoms with Gasteiger partial charge >= 0.3 is 18.7 Å². The summed E-state index contributed by atoms with van der Waals surface area (Å²) in [6.45, 7) is 0. The third-order valence-corrected chi connectivity index (χ3v) is 7.14. The standard InChI is InChI=1S/C30H22F9NO3/c31-23-6-2-1-5-19(23)22(28(27(40)42)11-3-4-17(15-28)29(35,36)37)13-16-7-10-25(41)21(12-16)20-14-18(8-9-24(20)32)43-30(38,39)26(33)34/h1-12,14,22,26,41H,13,15H2,(H2,40,42). The number of halogens is 9. The third-order valence-electron chi connectivity index (χ3n) is 7.14. The molecule has 1 aliphatic rings. The van der Waals surface area contributed by atoms with E-state index in [0.29, 0.717) is 18.2 Å². The van der Waals surface area contributed by atoms with Crippen LogP contribution in [-0.4, -0.2) is 29.7 Å². The van der Waals surface area contributed by atoms with Gasteiger partial charge in [-0.2, -0.15) is 30.7 Å². The number of nitrogens with two attached hydrogens (primary N) is 1. The number of hydrogen-bond acceptors (Lipinski definition) is 3. The first kappa shape index (κ1) is 31.5. The summed E-state index contributed by atoms with van der Waals surface area (Å²) in [5.74, 6) is -5.90. The largest absolute Gasteiger partial charge is 0.507 e. The van der Waals surface area contributed by atoms with E-state index < -0.39 is 76.6 Å². The fourth-order valence-corrected chi connectivity index (χ4v) is 5.01. The molecule has 43 heavy (non-hydrogen) atoms. The monoisotopic (exact) mass is 615 g/mol. The SMILES string of the molecule is NC(=O)C1(C(Cc2ccc(O)c(-c3cc(OC(F)(F)C(F)F)ccc3F)c2)c2ccccc2F)C=CC=C(C(F)(F)F)C1. The number of allylic oxidation sites excluding steroid dienone is 3. The maximum absolute atomic E-state index is 15.1. The summed E-state index contributed by atoms with van der Waals surface area (Å²) in [7, 11) is 0. The molecule has 0 saturated carbocycles. The first-order chi connectivity index (χ1) is 20.0. The number of amides is 1. The van der Waals surface area contributed by atoms with Gasteiger partial charge < -0.3 is 15.6 Å². The van der Waals surface area contributed by atoms with Crippen LogP contribution in [0.25, 0.3) is 11.1 Å². The number of ether oxygens (including phenoxy) is 1. The molecule has 3 aromatic rings. The van der Waals surface area contributed by atoms with Crippen LogP contribution < -0.4 is 10.5 Å². The first-order valence-corrected chi connectivity index (χ1v) is 12.5. The fourth-order valence-electron chi connectivity index (χ4n) is 5.01. The van der Waals surface area contributed by atoms with Crippen molar-refractivity contribution >= 4 is 5.91 Å². The van der Waals surface area contributed by atoms with Gasteiger partial charge in [0.15, 0.2) is 0 Å². The zero-order valence-corrected chi connectivity index (χ0v) is 21.8. The van der Waals surface area contributed by atoms with E-state index in [-0.39, 0.29) is 23.1 Å². The molecule has 2 atom stereocenters. The van der Waals surface area contributed by atoms with Crippen LogP contribution in [0, 0.1) is 17.0 Å². The lowest BCUT2D eigenvalue weighted by molar-refractivity contribution is -0.253. The third kappa shape index (κ3) is 6.50. The molecular weight excluding hydrogens is 593 g/mol.